The van der Waals surface area contributed by atoms with Gasteiger partial charge in [0.25, 0.3) is 0 Å². The van der Waals surface area contributed by atoms with Gasteiger partial charge in [0, 0.05) is 12.2 Å². The number of nitrogens with one attached hydrogen (secondary N) is 1. The molecule has 3 N–H and O–H groups in total. The first-order chi connectivity index (χ1) is 10.7. The van der Waals surface area contributed by atoms with Crippen molar-refractivity contribution in [1.82, 2.24) is 4.90 Å². The second-order valence-corrected chi connectivity index (χ2v) is 6.23. The predicted octanol–water partition coefficient (Wildman–Crippen LogP) is 4.03. The number of nitrogens with two attached hydrogens (primary N) is 1. The van der Waals surface area contributed by atoms with Crippen molar-refractivity contribution in [3.63, 3.8) is 0 Å². The maximum atomic E-state index is 5.95. The van der Waals surface area contributed by atoms with E-state index in [2.05, 4.69) is 53.3 Å². The van der Waals surface area contributed by atoms with E-state index >= 15 is 0 Å². The summed E-state index contributed by atoms with van der Waals surface area (Å²) in [6.07, 6.45) is 4.93. The van der Waals surface area contributed by atoms with Crippen LogP contribution >= 0.6 is 24.0 Å². The van der Waals surface area contributed by atoms with Crippen LogP contribution < -0.4 is 11.1 Å². The van der Waals surface area contributed by atoms with Gasteiger partial charge in [-0.1, -0.05) is 26.0 Å². The number of likely N-dealkylation sites (tertiary alicyclic amines) is 1. The normalized spacial score (nSPS) is 16.9. The number of anilines is 1. The number of hydrogen-bond donors (Lipinski definition) is 2. The zero-order chi connectivity index (χ0) is 15.8. The molecule has 1 saturated heterocycles. The van der Waals surface area contributed by atoms with E-state index in [9.17, 15) is 0 Å². The molecule has 5 heteroatoms. The molecule has 1 aromatic carbocycles. The minimum absolute atomic E-state index is 0. The number of aliphatic imine (C=N–C) groups is 1. The van der Waals surface area contributed by atoms with Crippen LogP contribution in [0.1, 0.15) is 51.0 Å². The highest BCUT2D eigenvalue weighted by Crippen LogP contribution is 2.20. The summed E-state index contributed by atoms with van der Waals surface area (Å²) in [7, 11) is 0. The minimum atomic E-state index is 0. The fourth-order valence-electron chi connectivity index (χ4n) is 2.82. The summed E-state index contributed by atoms with van der Waals surface area (Å²) < 4.78 is 0. The zero-order valence-electron chi connectivity index (χ0n) is 14.4. The second-order valence-electron chi connectivity index (χ2n) is 6.23. The Labute approximate surface area is 157 Å². The zero-order valence-corrected chi connectivity index (χ0v) is 16.8. The van der Waals surface area contributed by atoms with Gasteiger partial charge in [0.05, 0.1) is 0 Å². The Kier molecular flexibility index (Phi) is 9.55. The van der Waals surface area contributed by atoms with Gasteiger partial charge >= 0.3 is 0 Å². The smallest absolute Gasteiger partial charge is 0.193 e. The molecule has 0 amide bonds. The molecule has 2 rings (SSSR count). The summed E-state index contributed by atoms with van der Waals surface area (Å²) in [4.78, 5) is 6.92. The molecule has 23 heavy (non-hydrogen) atoms. The van der Waals surface area contributed by atoms with Crippen molar-refractivity contribution in [1.29, 1.82) is 0 Å². The highest BCUT2D eigenvalue weighted by Gasteiger charge is 2.09. The van der Waals surface area contributed by atoms with Gasteiger partial charge < -0.3 is 16.0 Å². The SMILES string of the molecule is CCC(C)c1ccc(NC(N)=NCCCN2CCCC2)cc1.I. The van der Waals surface area contributed by atoms with Gasteiger partial charge in [0.15, 0.2) is 5.96 Å². The van der Waals surface area contributed by atoms with Gasteiger partial charge in [-0.2, -0.15) is 0 Å². The molecule has 4 nitrogen and oxygen atoms in total. The highest BCUT2D eigenvalue weighted by atomic mass is 127. The van der Waals surface area contributed by atoms with E-state index in [-0.39, 0.29) is 24.0 Å². The third kappa shape index (κ3) is 7.08. The molecule has 1 heterocycles. The molecule has 1 unspecified atom stereocenters. The number of rotatable bonds is 7. The standard InChI is InChI=1S/C18H30N4.HI/c1-3-15(2)16-7-9-17(10-8-16)21-18(19)20-11-6-14-22-12-4-5-13-22;/h7-10,15H,3-6,11-14H2,1-2H3,(H3,19,20,21);1H. The Morgan fingerprint density at radius 3 is 2.52 bits per heavy atom. The number of benzene rings is 1. The summed E-state index contributed by atoms with van der Waals surface area (Å²) in [5.74, 6) is 1.11. The monoisotopic (exact) mass is 430 g/mol. The first kappa shape index (κ1) is 20.2. The van der Waals surface area contributed by atoms with Crippen LogP contribution in [-0.4, -0.2) is 37.0 Å². The van der Waals surface area contributed by atoms with Crippen LogP contribution in [-0.2, 0) is 0 Å². The van der Waals surface area contributed by atoms with Crippen LogP contribution in [0.4, 0.5) is 5.69 Å². The summed E-state index contributed by atoms with van der Waals surface area (Å²) in [6, 6.07) is 8.48. The molecular formula is C18H31IN4. The van der Waals surface area contributed by atoms with E-state index in [1.807, 2.05) is 0 Å². The van der Waals surface area contributed by atoms with Crippen molar-refractivity contribution in [3.8, 4) is 0 Å². The minimum Gasteiger partial charge on any atom is -0.370 e. The topological polar surface area (TPSA) is 53.6 Å². The van der Waals surface area contributed by atoms with Crippen LogP contribution in [0, 0.1) is 0 Å². The Morgan fingerprint density at radius 2 is 1.91 bits per heavy atom. The van der Waals surface area contributed by atoms with Crippen molar-refractivity contribution in [2.75, 3.05) is 31.5 Å². The third-order valence-electron chi connectivity index (χ3n) is 4.48. The van der Waals surface area contributed by atoms with Crippen LogP contribution in [0.2, 0.25) is 0 Å². The molecule has 0 spiro atoms. The molecule has 130 valence electrons. The second kappa shape index (κ2) is 10.9. The van der Waals surface area contributed by atoms with Crippen molar-refractivity contribution >= 4 is 35.6 Å². The summed E-state index contributed by atoms with van der Waals surface area (Å²) in [5, 5.41) is 3.17. The van der Waals surface area contributed by atoms with Crippen molar-refractivity contribution in [2.45, 2.75) is 45.4 Å². The molecule has 0 aliphatic carbocycles. The van der Waals surface area contributed by atoms with Gasteiger partial charge in [0.2, 0.25) is 0 Å². The third-order valence-corrected chi connectivity index (χ3v) is 4.48. The fraction of sp³-hybridized carbons (Fsp3) is 0.611. The van der Waals surface area contributed by atoms with Crippen LogP contribution in [0.3, 0.4) is 0 Å². The lowest BCUT2D eigenvalue weighted by Crippen LogP contribution is -2.24. The number of nitrogens with zero attached hydrogens (tertiary/aromatic N) is 2. The Balaban J connectivity index is 0.00000264. The van der Waals surface area contributed by atoms with E-state index in [0.29, 0.717) is 11.9 Å². The first-order valence-electron chi connectivity index (χ1n) is 8.58. The lowest BCUT2D eigenvalue weighted by Gasteiger charge is -2.13. The Bertz CT molecular complexity index is 466. The van der Waals surface area contributed by atoms with Crippen LogP contribution in [0.25, 0.3) is 0 Å². The van der Waals surface area contributed by atoms with Crippen LogP contribution in [0.15, 0.2) is 29.3 Å². The molecule has 1 atom stereocenters. The summed E-state index contributed by atoms with van der Waals surface area (Å²) in [5.41, 5.74) is 8.33. The fourth-order valence-corrected chi connectivity index (χ4v) is 2.82. The number of halogens is 1. The van der Waals surface area contributed by atoms with Gasteiger partial charge in [-0.15, -0.1) is 24.0 Å². The molecule has 1 fully saturated rings. The molecule has 0 bridgehead atoms. The van der Waals surface area contributed by atoms with Crippen molar-refractivity contribution in [2.24, 2.45) is 10.7 Å². The predicted molar refractivity (Wildman–Crippen MR) is 111 cm³/mol. The molecular weight excluding hydrogens is 399 g/mol. The highest BCUT2D eigenvalue weighted by molar-refractivity contribution is 14.0. The van der Waals surface area contributed by atoms with E-state index < -0.39 is 0 Å². The van der Waals surface area contributed by atoms with Gasteiger partial charge in [0.1, 0.15) is 0 Å². The van der Waals surface area contributed by atoms with E-state index in [1.54, 1.807) is 0 Å². The number of guanidine groups is 1. The molecule has 1 aliphatic rings. The molecule has 1 aliphatic heterocycles. The van der Waals surface area contributed by atoms with Gasteiger partial charge in [-0.3, -0.25) is 4.99 Å². The van der Waals surface area contributed by atoms with Crippen LogP contribution in [0.5, 0.6) is 0 Å². The van der Waals surface area contributed by atoms with Gasteiger partial charge in [-0.05, 0) is 68.9 Å². The van der Waals surface area contributed by atoms with E-state index in [0.717, 1.165) is 31.6 Å². The maximum Gasteiger partial charge on any atom is 0.193 e. The van der Waals surface area contributed by atoms with E-state index in [1.165, 1.54) is 31.5 Å². The lowest BCUT2D eigenvalue weighted by molar-refractivity contribution is 0.336. The lowest BCUT2D eigenvalue weighted by atomic mass is 9.99. The number of hydrogen-bond acceptors (Lipinski definition) is 2. The summed E-state index contributed by atoms with van der Waals surface area (Å²) >= 11 is 0. The summed E-state index contributed by atoms with van der Waals surface area (Å²) in [6.45, 7) is 8.89. The Hall–Kier alpha value is -0.820. The maximum absolute atomic E-state index is 5.95. The average Bonchev–Trinajstić information content (AvgIpc) is 3.05. The molecule has 0 radical (unpaired) electrons. The van der Waals surface area contributed by atoms with Crippen molar-refractivity contribution < 1.29 is 0 Å². The average molecular weight is 430 g/mol. The van der Waals surface area contributed by atoms with Gasteiger partial charge in [-0.25, -0.2) is 0 Å². The Morgan fingerprint density at radius 1 is 1.26 bits per heavy atom. The first-order valence-corrected chi connectivity index (χ1v) is 8.58. The van der Waals surface area contributed by atoms with E-state index in [4.69, 9.17) is 5.73 Å². The molecule has 1 aromatic rings. The largest absolute Gasteiger partial charge is 0.370 e. The van der Waals surface area contributed by atoms with Crippen molar-refractivity contribution in [3.05, 3.63) is 29.8 Å². The molecule has 0 saturated carbocycles. The molecule has 0 aromatic heterocycles. The quantitative estimate of drug-likeness (QED) is 0.297.